The molecule has 166 valence electrons. The van der Waals surface area contributed by atoms with Gasteiger partial charge in [0.2, 0.25) is 17.7 Å². The van der Waals surface area contributed by atoms with Gasteiger partial charge in [0.25, 0.3) is 0 Å². The zero-order chi connectivity index (χ0) is 22.8. The Morgan fingerprint density at radius 2 is 1.73 bits per heavy atom. The highest BCUT2D eigenvalue weighted by atomic mass is 32.1. The molecule has 0 saturated carbocycles. The van der Waals surface area contributed by atoms with Gasteiger partial charge >= 0.3 is 11.9 Å². The molecule has 13 nitrogen and oxygen atoms in total. The Bertz CT molecular complexity index is 772. The first-order valence-corrected chi connectivity index (χ1v) is 9.37. The van der Waals surface area contributed by atoms with Crippen molar-refractivity contribution >= 4 is 42.3 Å². The maximum absolute atomic E-state index is 12.6. The molecule has 4 unspecified atom stereocenters. The standard InChI is InChI=1S/C16H24N6O7S/c1-7(20-14(26)9(17)5-30)13(25)21-10(2-8-4-18-6-19-8)15(27)22-11(16(28)29)3-12(23)24/h4,6-7,9-11,30H,2-3,5,17H2,1H3,(H,18,19)(H,20,26)(H,21,25)(H,22,27)(H,23,24)(H,28,29). The van der Waals surface area contributed by atoms with Gasteiger partial charge in [0.15, 0.2) is 0 Å². The highest BCUT2D eigenvalue weighted by Crippen LogP contribution is 2.02. The minimum Gasteiger partial charge on any atom is -0.481 e. The number of aromatic amines is 1. The number of nitrogens with zero attached hydrogens (tertiary/aromatic N) is 1. The molecule has 0 aliphatic rings. The summed E-state index contributed by atoms with van der Waals surface area (Å²) in [6, 6.07) is -4.96. The van der Waals surface area contributed by atoms with Crippen molar-refractivity contribution in [2.24, 2.45) is 5.73 Å². The molecule has 0 saturated heterocycles. The van der Waals surface area contributed by atoms with Crippen molar-refractivity contribution in [2.75, 3.05) is 5.75 Å². The van der Waals surface area contributed by atoms with Gasteiger partial charge in [-0.3, -0.25) is 19.2 Å². The molecular weight excluding hydrogens is 420 g/mol. The zero-order valence-electron chi connectivity index (χ0n) is 16.0. The third-order valence-electron chi connectivity index (χ3n) is 3.89. The van der Waals surface area contributed by atoms with Crippen molar-refractivity contribution in [3.8, 4) is 0 Å². The van der Waals surface area contributed by atoms with Gasteiger partial charge in [-0.05, 0) is 6.92 Å². The lowest BCUT2D eigenvalue weighted by Gasteiger charge is -2.23. The largest absolute Gasteiger partial charge is 0.481 e. The number of carbonyl (C=O) groups excluding carboxylic acids is 3. The normalized spacial score (nSPS) is 14.6. The van der Waals surface area contributed by atoms with Crippen LogP contribution < -0.4 is 21.7 Å². The highest BCUT2D eigenvalue weighted by Gasteiger charge is 2.30. The number of H-pyrrole nitrogens is 1. The van der Waals surface area contributed by atoms with Crippen LogP contribution in [0.25, 0.3) is 0 Å². The van der Waals surface area contributed by atoms with Gasteiger partial charge in [0.1, 0.15) is 18.1 Å². The van der Waals surface area contributed by atoms with E-state index in [2.05, 4.69) is 38.5 Å². The Hall–Kier alpha value is -3.13. The lowest BCUT2D eigenvalue weighted by molar-refractivity contribution is -0.147. The van der Waals surface area contributed by atoms with Crippen LogP contribution in [-0.2, 0) is 30.4 Å². The molecule has 0 aromatic carbocycles. The fourth-order valence-electron chi connectivity index (χ4n) is 2.24. The summed E-state index contributed by atoms with van der Waals surface area (Å²) in [5, 5.41) is 24.8. The third-order valence-corrected chi connectivity index (χ3v) is 4.28. The minimum absolute atomic E-state index is 0.0607. The van der Waals surface area contributed by atoms with Gasteiger partial charge in [-0.1, -0.05) is 0 Å². The van der Waals surface area contributed by atoms with Crippen molar-refractivity contribution in [1.29, 1.82) is 0 Å². The Kier molecular flexibility index (Phi) is 9.77. The molecule has 30 heavy (non-hydrogen) atoms. The Balaban J connectivity index is 2.90. The summed E-state index contributed by atoms with van der Waals surface area (Å²) in [6.45, 7) is 1.37. The summed E-state index contributed by atoms with van der Waals surface area (Å²) >= 11 is 3.89. The van der Waals surface area contributed by atoms with Crippen molar-refractivity contribution < 1.29 is 34.2 Å². The topological polar surface area (TPSA) is 217 Å². The molecule has 1 rings (SSSR count). The van der Waals surface area contributed by atoms with E-state index in [1.165, 1.54) is 19.4 Å². The molecule has 0 fully saturated rings. The van der Waals surface area contributed by atoms with E-state index < -0.39 is 60.2 Å². The Labute approximate surface area is 176 Å². The van der Waals surface area contributed by atoms with Gasteiger partial charge < -0.3 is 36.9 Å². The van der Waals surface area contributed by atoms with Gasteiger partial charge in [-0.2, -0.15) is 12.6 Å². The number of amides is 3. The molecule has 0 aliphatic heterocycles. The number of nitrogens with two attached hydrogens (primary N) is 1. The van der Waals surface area contributed by atoms with E-state index in [4.69, 9.17) is 15.9 Å². The lowest BCUT2D eigenvalue weighted by atomic mass is 10.1. The predicted molar refractivity (Wildman–Crippen MR) is 105 cm³/mol. The quantitative estimate of drug-likeness (QED) is 0.156. The van der Waals surface area contributed by atoms with Gasteiger partial charge in [0.05, 0.1) is 18.8 Å². The third kappa shape index (κ3) is 8.08. The smallest absolute Gasteiger partial charge is 0.326 e. The van der Waals surface area contributed by atoms with E-state index in [0.29, 0.717) is 5.69 Å². The highest BCUT2D eigenvalue weighted by molar-refractivity contribution is 7.80. The van der Waals surface area contributed by atoms with Gasteiger partial charge in [-0.25, -0.2) is 9.78 Å². The van der Waals surface area contributed by atoms with E-state index in [9.17, 15) is 24.0 Å². The summed E-state index contributed by atoms with van der Waals surface area (Å²) in [7, 11) is 0. The molecule has 0 bridgehead atoms. The van der Waals surface area contributed by atoms with E-state index in [1.807, 2.05) is 0 Å². The molecule has 14 heteroatoms. The van der Waals surface area contributed by atoms with Crippen LogP contribution in [0.2, 0.25) is 0 Å². The summed E-state index contributed by atoms with van der Waals surface area (Å²) < 4.78 is 0. The molecule has 0 aliphatic carbocycles. The molecule has 0 radical (unpaired) electrons. The van der Waals surface area contributed by atoms with Gasteiger partial charge in [-0.15, -0.1) is 0 Å². The van der Waals surface area contributed by atoms with Gasteiger partial charge in [0, 0.05) is 24.1 Å². The predicted octanol–water partition coefficient (Wildman–Crippen LogP) is -2.76. The molecule has 1 aromatic heterocycles. The maximum Gasteiger partial charge on any atom is 0.326 e. The molecule has 1 aromatic rings. The van der Waals surface area contributed by atoms with E-state index >= 15 is 0 Å². The lowest BCUT2D eigenvalue weighted by Crippen LogP contribution is -2.57. The number of imidazole rings is 1. The number of carboxylic acid groups (broad SMARTS) is 2. The first-order chi connectivity index (χ1) is 14.0. The number of nitrogens with one attached hydrogen (secondary N) is 4. The van der Waals surface area contributed by atoms with Crippen LogP contribution >= 0.6 is 12.6 Å². The van der Waals surface area contributed by atoms with Crippen molar-refractivity contribution in [3.05, 3.63) is 18.2 Å². The summed E-state index contributed by atoms with van der Waals surface area (Å²) in [5.74, 6) is -5.18. The fourth-order valence-corrected chi connectivity index (χ4v) is 2.40. The first-order valence-electron chi connectivity index (χ1n) is 8.74. The Morgan fingerprint density at radius 1 is 1.10 bits per heavy atom. The van der Waals surface area contributed by atoms with Crippen molar-refractivity contribution in [1.82, 2.24) is 25.9 Å². The van der Waals surface area contributed by atoms with Crippen molar-refractivity contribution in [3.63, 3.8) is 0 Å². The average Bonchev–Trinajstić information content (AvgIpc) is 3.18. The molecule has 1 heterocycles. The summed E-state index contributed by atoms with van der Waals surface area (Å²) in [4.78, 5) is 65.4. The van der Waals surface area contributed by atoms with E-state index in [1.54, 1.807) is 0 Å². The summed E-state index contributed by atoms with van der Waals surface area (Å²) in [5.41, 5.74) is 5.98. The van der Waals surface area contributed by atoms with Crippen LogP contribution in [0.4, 0.5) is 0 Å². The second-order valence-corrected chi connectivity index (χ2v) is 6.72. The van der Waals surface area contributed by atoms with Crippen molar-refractivity contribution in [2.45, 2.75) is 43.9 Å². The van der Waals surface area contributed by atoms with Crippen LogP contribution in [-0.4, -0.2) is 79.8 Å². The van der Waals surface area contributed by atoms with E-state index in [0.717, 1.165) is 0 Å². The number of aliphatic carboxylic acids is 2. The second-order valence-electron chi connectivity index (χ2n) is 6.36. The SMILES string of the molecule is CC(NC(=O)C(N)CS)C(=O)NC(Cc1cnc[nH]1)C(=O)NC(CC(=O)O)C(=O)O. The molecule has 3 amide bonds. The summed E-state index contributed by atoms with van der Waals surface area (Å²) in [6.07, 6.45) is 1.81. The maximum atomic E-state index is 12.6. The Morgan fingerprint density at radius 3 is 2.23 bits per heavy atom. The minimum atomic E-state index is -1.69. The molecule has 0 spiro atoms. The van der Waals surface area contributed by atoms with Crippen LogP contribution in [0.1, 0.15) is 19.0 Å². The van der Waals surface area contributed by atoms with E-state index in [-0.39, 0.29) is 12.2 Å². The average molecular weight is 444 g/mol. The van der Waals surface area contributed by atoms with Crippen LogP contribution in [0.15, 0.2) is 12.5 Å². The van der Waals surface area contributed by atoms with Crippen LogP contribution in [0.5, 0.6) is 0 Å². The number of carbonyl (C=O) groups is 5. The van der Waals surface area contributed by atoms with Crippen LogP contribution in [0.3, 0.4) is 0 Å². The number of hydrogen-bond acceptors (Lipinski definition) is 8. The fraction of sp³-hybridized carbons (Fsp3) is 0.500. The molecule has 4 atom stereocenters. The number of thiol groups is 1. The number of aromatic nitrogens is 2. The van der Waals surface area contributed by atoms with Crippen LogP contribution in [0, 0.1) is 0 Å². The number of hydrogen-bond donors (Lipinski definition) is 8. The number of rotatable bonds is 12. The molecule has 8 N–H and O–H groups in total. The zero-order valence-corrected chi connectivity index (χ0v) is 16.9. The number of carboxylic acids is 2. The second kappa shape index (κ2) is 11.8. The monoisotopic (exact) mass is 444 g/mol. The first kappa shape index (κ1) is 24.9. The molecular formula is C16H24N6O7S.